The Morgan fingerprint density at radius 3 is 2.85 bits per heavy atom. The number of anilines is 1. The number of carbonyl (C=O) groups is 1. The quantitative estimate of drug-likeness (QED) is 0.733. The Kier molecular flexibility index (Phi) is 6.58. The van der Waals surface area contributed by atoms with Crippen LogP contribution in [0.25, 0.3) is 0 Å². The minimum Gasteiger partial charge on any atom is -0.376 e. The highest BCUT2D eigenvalue weighted by Crippen LogP contribution is 2.21. The van der Waals surface area contributed by atoms with E-state index in [1.807, 2.05) is 41.5 Å². The molecule has 138 valence electrons. The molecule has 0 saturated carbocycles. The predicted molar refractivity (Wildman–Crippen MR) is 108 cm³/mol. The summed E-state index contributed by atoms with van der Waals surface area (Å²) in [5.41, 5.74) is 3.16. The van der Waals surface area contributed by atoms with Gasteiger partial charge in [0, 0.05) is 30.3 Å². The molecule has 2 aromatic rings. The molecule has 0 spiro atoms. The van der Waals surface area contributed by atoms with Crippen molar-refractivity contribution in [2.75, 3.05) is 24.7 Å². The Balaban J connectivity index is 1.73. The number of nitrogens with one attached hydrogen (secondary N) is 1. The number of ether oxygens (including phenoxy) is 1. The molecule has 0 radical (unpaired) electrons. The number of hydrogen-bond acceptors (Lipinski definition) is 3. The topological polar surface area (TPSA) is 41.6 Å². The summed E-state index contributed by atoms with van der Waals surface area (Å²) in [5, 5.41) is 3.04. The average Bonchev–Trinajstić information content (AvgIpc) is 3.14. The summed E-state index contributed by atoms with van der Waals surface area (Å²) in [5.74, 6) is 0. The van der Waals surface area contributed by atoms with E-state index in [4.69, 9.17) is 4.74 Å². The smallest absolute Gasteiger partial charge is 0.322 e. The molecule has 5 heteroatoms. The lowest BCUT2D eigenvalue weighted by Crippen LogP contribution is -2.39. The molecule has 1 aliphatic rings. The van der Waals surface area contributed by atoms with Gasteiger partial charge in [0.05, 0.1) is 6.10 Å². The Bertz CT molecular complexity index is 744. The molecule has 1 saturated heterocycles. The number of hydrogen-bond donors (Lipinski definition) is 1. The van der Waals surface area contributed by atoms with E-state index in [2.05, 4.69) is 30.4 Å². The van der Waals surface area contributed by atoms with Gasteiger partial charge in [-0.25, -0.2) is 4.79 Å². The molecule has 4 nitrogen and oxygen atoms in total. The van der Waals surface area contributed by atoms with Crippen molar-refractivity contribution in [2.45, 2.75) is 37.3 Å². The zero-order valence-corrected chi connectivity index (χ0v) is 16.2. The number of benzene rings is 2. The Hall–Kier alpha value is -1.98. The van der Waals surface area contributed by atoms with Crippen LogP contribution in [0, 0.1) is 6.92 Å². The largest absolute Gasteiger partial charge is 0.376 e. The summed E-state index contributed by atoms with van der Waals surface area (Å²) >= 11 is 1.66. The van der Waals surface area contributed by atoms with Crippen LogP contribution in [-0.4, -0.2) is 36.4 Å². The van der Waals surface area contributed by atoms with Crippen LogP contribution in [0.5, 0.6) is 0 Å². The van der Waals surface area contributed by atoms with Crippen LogP contribution in [0.3, 0.4) is 0 Å². The minimum atomic E-state index is -0.0831. The number of thioether (sulfide) groups is 1. The van der Waals surface area contributed by atoms with Crippen LogP contribution < -0.4 is 5.32 Å². The van der Waals surface area contributed by atoms with Crippen molar-refractivity contribution in [2.24, 2.45) is 0 Å². The molecule has 1 N–H and O–H groups in total. The molecule has 2 aromatic carbocycles. The summed E-state index contributed by atoms with van der Waals surface area (Å²) in [6.07, 6.45) is 4.24. The van der Waals surface area contributed by atoms with Gasteiger partial charge >= 0.3 is 6.03 Å². The van der Waals surface area contributed by atoms with Gasteiger partial charge in [0.2, 0.25) is 0 Å². The van der Waals surface area contributed by atoms with Crippen molar-refractivity contribution in [1.82, 2.24) is 4.90 Å². The summed E-state index contributed by atoms with van der Waals surface area (Å²) in [6, 6.07) is 16.1. The fraction of sp³-hybridized carbons (Fsp3) is 0.381. The average molecular weight is 371 g/mol. The molecule has 26 heavy (non-hydrogen) atoms. The first-order valence-electron chi connectivity index (χ1n) is 9.01. The molecular formula is C21H26N2O2S. The molecule has 0 bridgehead atoms. The third-order valence-corrected chi connectivity index (χ3v) is 5.24. The number of carbonyl (C=O) groups excluding carboxylic acids is 1. The lowest BCUT2D eigenvalue weighted by molar-refractivity contribution is 0.0819. The lowest BCUT2D eigenvalue weighted by Gasteiger charge is -2.26. The van der Waals surface area contributed by atoms with Gasteiger partial charge in [0.25, 0.3) is 0 Å². The van der Waals surface area contributed by atoms with Gasteiger partial charge in [-0.05, 0) is 49.8 Å². The maximum absolute atomic E-state index is 12.9. The van der Waals surface area contributed by atoms with E-state index in [-0.39, 0.29) is 12.1 Å². The van der Waals surface area contributed by atoms with Gasteiger partial charge in [-0.2, -0.15) is 0 Å². The second-order valence-corrected chi connectivity index (χ2v) is 7.55. The first kappa shape index (κ1) is 18.8. The predicted octanol–water partition coefficient (Wildman–Crippen LogP) is 4.93. The highest BCUT2D eigenvalue weighted by molar-refractivity contribution is 7.98. The zero-order valence-electron chi connectivity index (χ0n) is 15.4. The van der Waals surface area contributed by atoms with E-state index in [9.17, 15) is 4.79 Å². The fourth-order valence-electron chi connectivity index (χ4n) is 3.19. The number of urea groups is 1. The molecule has 0 aliphatic carbocycles. The second-order valence-electron chi connectivity index (χ2n) is 6.67. The van der Waals surface area contributed by atoms with Crippen molar-refractivity contribution in [3.05, 3.63) is 59.7 Å². The molecule has 0 aromatic heterocycles. The van der Waals surface area contributed by atoms with Crippen LogP contribution in [0.1, 0.15) is 24.0 Å². The van der Waals surface area contributed by atoms with Crippen molar-refractivity contribution >= 4 is 23.5 Å². The van der Waals surface area contributed by atoms with Crippen LogP contribution in [0.15, 0.2) is 53.4 Å². The second kappa shape index (κ2) is 9.10. The van der Waals surface area contributed by atoms with Gasteiger partial charge in [0.15, 0.2) is 0 Å². The van der Waals surface area contributed by atoms with E-state index in [1.165, 1.54) is 5.56 Å². The molecule has 0 unspecified atom stereocenters. The summed E-state index contributed by atoms with van der Waals surface area (Å²) in [6.45, 7) is 4.06. The highest BCUT2D eigenvalue weighted by Gasteiger charge is 2.23. The maximum atomic E-state index is 12.9. The lowest BCUT2D eigenvalue weighted by atomic mass is 10.1. The van der Waals surface area contributed by atoms with Crippen molar-refractivity contribution in [1.29, 1.82) is 0 Å². The van der Waals surface area contributed by atoms with Gasteiger partial charge in [-0.3, -0.25) is 0 Å². The Morgan fingerprint density at radius 2 is 2.12 bits per heavy atom. The van der Waals surface area contributed by atoms with Gasteiger partial charge in [-0.1, -0.05) is 35.9 Å². The van der Waals surface area contributed by atoms with E-state index in [1.54, 1.807) is 11.8 Å². The summed E-state index contributed by atoms with van der Waals surface area (Å²) < 4.78 is 5.76. The number of rotatable bonds is 6. The molecule has 3 rings (SSSR count). The third-order valence-electron chi connectivity index (χ3n) is 4.51. The number of aryl methyl sites for hydroxylation is 1. The number of nitrogens with zero attached hydrogens (tertiary/aromatic N) is 1. The van der Waals surface area contributed by atoms with E-state index in [0.717, 1.165) is 35.6 Å². The minimum absolute atomic E-state index is 0.0831. The van der Waals surface area contributed by atoms with Gasteiger partial charge in [-0.15, -0.1) is 11.8 Å². The monoisotopic (exact) mass is 370 g/mol. The van der Waals surface area contributed by atoms with Crippen LogP contribution in [0.4, 0.5) is 10.5 Å². The molecule has 2 amide bonds. The normalized spacial score (nSPS) is 16.5. The first-order chi connectivity index (χ1) is 12.6. The van der Waals surface area contributed by atoms with E-state index >= 15 is 0 Å². The van der Waals surface area contributed by atoms with E-state index < -0.39 is 0 Å². The zero-order chi connectivity index (χ0) is 18.4. The molecule has 1 aliphatic heterocycles. The Morgan fingerprint density at radius 1 is 1.27 bits per heavy atom. The summed E-state index contributed by atoms with van der Waals surface area (Å²) in [7, 11) is 0. The number of amides is 2. The summed E-state index contributed by atoms with van der Waals surface area (Å²) in [4.78, 5) is 15.9. The van der Waals surface area contributed by atoms with Gasteiger partial charge in [0.1, 0.15) is 0 Å². The standard InChI is InChI=1S/C21H26N2O2S/c1-16-6-3-7-17(12-16)14-23(15-19-9-5-11-25-19)21(24)22-18-8-4-10-20(13-18)26-2/h3-4,6-8,10,12-13,19H,5,9,11,14-15H2,1-2H3,(H,22,24)/t19-/m1/s1. The van der Waals surface area contributed by atoms with Crippen molar-refractivity contribution in [3.63, 3.8) is 0 Å². The van der Waals surface area contributed by atoms with Gasteiger partial charge < -0.3 is 15.0 Å². The van der Waals surface area contributed by atoms with Crippen molar-refractivity contribution in [3.8, 4) is 0 Å². The van der Waals surface area contributed by atoms with E-state index in [0.29, 0.717) is 13.1 Å². The SMILES string of the molecule is CSc1cccc(NC(=O)N(Cc2cccc(C)c2)C[C@H]2CCCO2)c1. The van der Waals surface area contributed by atoms with Crippen LogP contribution in [-0.2, 0) is 11.3 Å². The first-order valence-corrected chi connectivity index (χ1v) is 10.2. The fourth-order valence-corrected chi connectivity index (χ4v) is 3.65. The molecule has 1 fully saturated rings. The molecular weight excluding hydrogens is 344 g/mol. The third kappa shape index (κ3) is 5.26. The van der Waals surface area contributed by atoms with Crippen LogP contribution in [0.2, 0.25) is 0 Å². The Labute approximate surface area is 159 Å². The highest BCUT2D eigenvalue weighted by atomic mass is 32.2. The van der Waals surface area contributed by atoms with Crippen LogP contribution >= 0.6 is 11.8 Å². The molecule has 1 heterocycles. The van der Waals surface area contributed by atoms with Crippen molar-refractivity contribution < 1.29 is 9.53 Å². The molecule has 1 atom stereocenters. The maximum Gasteiger partial charge on any atom is 0.322 e.